The lowest BCUT2D eigenvalue weighted by Gasteiger charge is -2.08. The fourth-order valence-electron chi connectivity index (χ4n) is 2.03. The summed E-state index contributed by atoms with van der Waals surface area (Å²) in [5.74, 6) is 0.193. The van der Waals surface area contributed by atoms with Crippen LogP contribution in [0.25, 0.3) is 0 Å². The number of aromatic amines is 1. The number of aliphatic hydroxyl groups is 1. The first-order valence-corrected chi connectivity index (χ1v) is 6.94. The Kier molecular flexibility index (Phi) is 4.74. The van der Waals surface area contributed by atoms with Crippen molar-refractivity contribution in [3.05, 3.63) is 35.4 Å². The summed E-state index contributed by atoms with van der Waals surface area (Å²) >= 11 is 0. The Balaban J connectivity index is 1.88. The third-order valence-corrected chi connectivity index (χ3v) is 3.06. The molecule has 0 aliphatic carbocycles. The van der Waals surface area contributed by atoms with Gasteiger partial charge < -0.3 is 10.4 Å². The topological polar surface area (TPSA) is 95.8 Å². The number of amides is 1. The van der Waals surface area contributed by atoms with Crippen molar-refractivity contribution in [2.24, 2.45) is 13.0 Å². The zero-order valence-electron chi connectivity index (χ0n) is 12.5. The predicted octanol–water partition coefficient (Wildman–Crippen LogP) is 0.805. The Bertz CT molecular complexity index is 602. The van der Waals surface area contributed by atoms with Crippen molar-refractivity contribution in [3.8, 4) is 0 Å². The molecule has 0 fully saturated rings. The third kappa shape index (κ3) is 4.16. The van der Waals surface area contributed by atoms with E-state index in [1.807, 2.05) is 0 Å². The Morgan fingerprint density at radius 1 is 1.52 bits per heavy atom. The molecule has 0 bridgehead atoms. The van der Waals surface area contributed by atoms with Gasteiger partial charge in [-0.15, -0.1) is 0 Å². The van der Waals surface area contributed by atoms with Crippen molar-refractivity contribution in [2.75, 3.05) is 6.54 Å². The molecule has 2 heterocycles. The number of nitrogens with zero attached hydrogens (tertiary/aromatic N) is 3. The lowest BCUT2D eigenvalue weighted by molar-refractivity contribution is 0.0911. The van der Waals surface area contributed by atoms with E-state index in [1.54, 1.807) is 30.2 Å². The molecule has 2 rings (SSSR count). The van der Waals surface area contributed by atoms with E-state index in [0.717, 1.165) is 12.1 Å². The molecule has 0 aromatic carbocycles. The van der Waals surface area contributed by atoms with E-state index in [1.165, 1.54) is 0 Å². The molecule has 2 aromatic heterocycles. The second-order valence-corrected chi connectivity index (χ2v) is 5.55. The molecular weight excluding hydrogens is 270 g/mol. The maximum Gasteiger partial charge on any atom is 0.271 e. The van der Waals surface area contributed by atoms with E-state index < -0.39 is 6.10 Å². The van der Waals surface area contributed by atoms with Crippen LogP contribution < -0.4 is 5.32 Å². The number of hydrogen-bond acceptors (Lipinski definition) is 4. The van der Waals surface area contributed by atoms with Gasteiger partial charge in [-0.25, -0.2) is 0 Å². The molecule has 0 spiro atoms. The minimum absolute atomic E-state index is 0.122. The molecule has 1 unspecified atom stereocenters. The van der Waals surface area contributed by atoms with E-state index in [4.69, 9.17) is 0 Å². The summed E-state index contributed by atoms with van der Waals surface area (Å²) in [4.78, 5) is 12.0. The minimum atomic E-state index is -0.781. The molecule has 1 amide bonds. The van der Waals surface area contributed by atoms with Crippen molar-refractivity contribution in [2.45, 2.75) is 26.4 Å². The fourth-order valence-corrected chi connectivity index (χ4v) is 2.03. The number of carbonyl (C=O) groups is 1. The number of carbonyl (C=O) groups excluding carboxylic acids is 1. The smallest absolute Gasteiger partial charge is 0.271 e. The highest BCUT2D eigenvalue weighted by Gasteiger charge is 2.14. The quantitative estimate of drug-likeness (QED) is 0.733. The first-order valence-electron chi connectivity index (χ1n) is 6.94. The van der Waals surface area contributed by atoms with Gasteiger partial charge in [-0.05, 0) is 18.4 Å². The molecule has 21 heavy (non-hydrogen) atoms. The molecule has 0 aliphatic heterocycles. The molecule has 0 saturated heterocycles. The van der Waals surface area contributed by atoms with Crippen LogP contribution in [0.15, 0.2) is 18.5 Å². The van der Waals surface area contributed by atoms with Crippen LogP contribution in [0.3, 0.4) is 0 Å². The molecule has 114 valence electrons. The zero-order valence-corrected chi connectivity index (χ0v) is 12.5. The number of H-pyrrole nitrogens is 1. The van der Waals surface area contributed by atoms with Gasteiger partial charge in [-0.2, -0.15) is 10.2 Å². The van der Waals surface area contributed by atoms with Crippen LogP contribution in [0.2, 0.25) is 0 Å². The van der Waals surface area contributed by atoms with Crippen LogP contribution in [-0.2, 0) is 13.5 Å². The predicted molar refractivity (Wildman–Crippen MR) is 77.6 cm³/mol. The summed E-state index contributed by atoms with van der Waals surface area (Å²) in [6, 6.07) is 1.74. The maximum atomic E-state index is 12.0. The molecule has 0 radical (unpaired) electrons. The molecule has 3 N–H and O–H groups in total. The van der Waals surface area contributed by atoms with Gasteiger partial charge >= 0.3 is 0 Å². The van der Waals surface area contributed by atoms with Gasteiger partial charge in [0.25, 0.3) is 5.91 Å². The summed E-state index contributed by atoms with van der Waals surface area (Å²) < 4.78 is 1.60. The van der Waals surface area contributed by atoms with Crippen LogP contribution in [-0.4, -0.2) is 37.5 Å². The Morgan fingerprint density at radius 2 is 2.29 bits per heavy atom. The van der Waals surface area contributed by atoms with E-state index in [0.29, 0.717) is 17.2 Å². The van der Waals surface area contributed by atoms with Gasteiger partial charge in [0.1, 0.15) is 5.69 Å². The van der Waals surface area contributed by atoms with Crippen LogP contribution in [0.4, 0.5) is 0 Å². The molecule has 1 atom stereocenters. The van der Waals surface area contributed by atoms with E-state index >= 15 is 0 Å². The van der Waals surface area contributed by atoms with Crippen molar-refractivity contribution >= 4 is 5.91 Å². The molecule has 2 aromatic rings. The third-order valence-electron chi connectivity index (χ3n) is 3.06. The number of aryl methyl sites for hydroxylation is 1. The highest BCUT2D eigenvalue weighted by molar-refractivity contribution is 5.92. The average Bonchev–Trinajstić information content (AvgIpc) is 3.04. The average molecular weight is 291 g/mol. The zero-order chi connectivity index (χ0) is 15.4. The van der Waals surface area contributed by atoms with E-state index in [2.05, 4.69) is 34.5 Å². The van der Waals surface area contributed by atoms with Crippen molar-refractivity contribution < 1.29 is 9.90 Å². The highest BCUT2D eigenvalue weighted by Crippen LogP contribution is 2.10. The first kappa shape index (κ1) is 15.2. The van der Waals surface area contributed by atoms with Gasteiger partial charge in [-0.1, -0.05) is 13.8 Å². The Morgan fingerprint density at radius 3 is 2.90 bits per heavy atom. The Labute approximate surface area is 123 Å². The molecular formula is C14H21N5O2. The monoisotopic (exact) mass is 291 g/mol. The van der Waals surface area contributed by atoms with Crippen molar-refractivity contribution in [1.29, 1.82) is 0 Å². The SMILES string of the molecule is CC(C)Cc1cc(C(=O)NCC(O)c2cnn(C)c2)n[nH]1. The second-order valence-electron chi connectivity index (χ2n) is 5.55. The van der Waals surface area contributed by atoms with Gasteiger partial charge in [0.15, 0.2) is 0 Å². The lowest BCUT2D eigenvalue weighted by atomic mass is 10.1. The van der Waals surface area contributed by atoms with Crippen LogP contribution in [0.1, 0.15) is 41.7 Å². The van der Waals surface area contributed by atoms with Gasteiger partial charge in [0.05, 0.1) is 12.3 Å². The maximum absolute atomic E-state index is 12.0. The molecule has 0 aliphatic rings. The van der Waals surface area contributed by atoms with Crippen LogP contribution in [0.5, 0.6) is 0 Å². The van der Waals surface area contributed by atoms with Gasteiger partial charge in [-0.3, -0.25) is 14.6 Å². The standard InChI is InChI=1S/C14H21N5O2/c1-9(2)4-11-5-12(18-17-11)14(21)15-7-13(20)10-6-16-19(3)8-10/h5-6,8-9,13,20H,4,7H2,1-3H3,(H,15,21)(H,17,18). The highest BCUT2D eigenvalue weighted by atomic mass is 16.3. The summed E-state index contributed by atoms with van der Waals surface area (Å²) in [5, 5.41) is 23.4. The molecule has 7 nitrogen and oxygen atoms in total. The largest absolute Gasteiger partial charge is 0.386 e. The van der Waals surface area contributed by atoms with E-state index in [9.17, 15) is 9.90 Å². The summed E-state index contributed by atoms with van der Waals surface area (Å²) in [7, 11) is 1.77. The lowest BCUT2D eigenvalue weighted by Crippen LogP contribution is -2.28. The van der Waals surface area contributed by atoms with Crippen molar-refractivity contribution in [3.63, 3.8) is 0 Å². The van der Waals surface area contributed by atoms with Gasteiger partial charge in [0.2, 0.25) is 0 Å². The van der Waals surface area contributed by atoms with Crippen LogP contribution in [0, 0.1) is 5.92 Å². The number of hydrogen-bond donors (Lipinski definition) is 3. The summed E-state index contributed by atoms with van der Waals surface area (Å²) in [6.07, 6.45) is 3.35. The molecule has 0 saturated carbocycles. The number of rotatable bonds is 6. The normalized spacial score (nSPS) is 12.6. The van der Waals surface area contributed by atoms with E-state index in [-0.39, 0.29) is 12.5 Å². The second kappa shape index (κ2) is 6.53. The van der Waals surface area contributed by atoms with Crippen LogP contribution >= 0.6 is 0 Å². The number of aromatic nitrogens is 4. The summed E-state index contributed by atoms with van der Waals surface area (Å²) in [5.41, 5.74) is 1.94. The molecule has 7 heteroatoms. The first-order chi connectivity index (χ1) is 9.95. The number of nitrogens with one attached hydrogen (secondary N) is 2. The minimum Gasteiger partial charge on any atom is -0.386 e. The Hall–Kier alpha value is -2.15. The number of aliphatic hydroxyl groups excluding tert-OH is 1. The summed E-state index contributed by atoms with van der Waals surface area (Å²) in [6.45, 7) is 4.33. The fraction of sp³-hybridized carbons (Fsp3) is 0.500. The van der Waals surface area contributed by atoms with Crippen molar-refractivity contribution in [1.82, 2.24) is 25.3 Å². The van der Waals surface area contributed by atoms with Gasteiger partial charge in [0, 0.05) is 31.0 Å².